The molecule has 150 valence electrons. The van der Waals surface area contributed by atoms with Gasteiger partial charge in [-0.15, -0.1) is 0 Å². The van der Waals surface area contributed by atoms with E-state index in [9.17, 15) is 24.8 Å². The number of carbonyl (C=O) groups is 2. The van der Waals surface area contributed by atoms with E-state index < -0.39 is 22.7 Å². The molecule has 1 aromatic heterocycles. The summed E-state index contributed by atoms with van der Waals surface area (Å²) in [6.45, 7) is 1.34. The molecule has 3 aromatic rings. The van der Waals surface area contributed by atoms with Gasteiger partial charge in [0.25, 0.3) is 0 Å². The van der Waals surface area contributed by atoms with Crippen molar-refractivity contribution in [2.75, 3.05) is 6.54 Å². The lowest BCUT2D eigenvalue weighted by molar-refractivity contribution is -0.389. The van der Waals surface area contributed by atoms with Crippen LogP contribution in [0.1, 0.15) is 11.4 Å². The van der Waals surface area contributed by atoms with Crippen LogP contribution in [0.15, 0.2) is 48.7 Å². The number of hydrogen-bond donors (Lipinski definition) is 2. The summed E-state index contributed by atoms with van der Waals surface area (Å²) >= 11 is 0. The Balaban J connectivity index is 1.62. The highest BCUT2D eigenvalue weighted by Crippen LogP contribution is 2.18. The predicted octanol–water partition coefficient (Wildman–Crippen LogP) is 2.31. The van der Waals surface area contributed by atoms with Gasteiger partial charge in [0.1, 0.15) is 12.7 Å². The second kappa shape index (κ2) is 8.51. The molecule has 1 heterocycles. The largest absolute Gasteiger partial charge is 0.481 e. The average molecular weight is 396 g/mol. The normalized spacial score (nSPS) is 11.9. The molecule has 0 bridgehead atoms. The lowest BCUT2D eigenvalue weighted by Crippen LogP contribution is -2.36. The number of rotatable bonds is 8. The number of nitrogens with one attached hydrogen (secondary N) is 1. The Labute approximate surface area is 166 Å². The standard InChI is InChI=1S/C20H20N4O5/c1-13-22-18(24(28)29)11-23(13)12-19(25)21-10-17(20(26)27)9-14-6-7-15-4-2-3-5-16(15)8-14/h2-8,11,17H,9-10,12H2,1H3,(H,21,25)(H,26,27). The van der Waals surface area contributed by atoms with Gasteiger partial charge in [0, 0.05) is 13.5 Å². The zero-order valence-electron chi connectivity index (χ0n) is 15.7. The van der Waals surface area contributed by atoms with E-state index in [0.717, 1.165) is 16.3 Å². The molecule has 0 saturated carbocycles. The molecule has 2 N–H and O–H groups in total. The van der Waals surface area contributed by atoms with Gasteiger partial charge in [0.2, 0.25) is 11.7 Å². The van der Waals surface area contributed by atoms with Crippen molar-refractivity contribution in [2.45, 2.75) is 19.9 Å². The molecule has 0 aliphatic carbocycles. The number of aliphatic carboxylic acids is 1. The molecule has 1 amide bonds. The third-order valence-corrected chi connectivity index (χ3v) is 4.66. The van der Waals surface area contributed by atoms with Crippen LogP contribution in [0, 0.1) is 23.0 Å². The van der Waals surface area contributed by atoms with Crippen molar-refractivity contribution >= 4 is 28.5 Å². The first kappa shape index (κ1) is 20.0. The van der Waals surface area contributed by atoms with Crippen LogP contribution in [0.2, 0.25) is 0 Å². The van der Waals surface area contributed by atoms with Gasteiger partial charge in [-0.1, -0.05) is 42.5 Å². The summed E-state index contributed by atoms with van der Waals surface area (Å²) in [5.41, 5.74) is 0.867. The summed E-state index contributed by atoms with van der Waals surface area (Å²) in [5.74, 6) is -2.25. The Morgan fingerprint density at radius 3 is 2.62 bits per heavy atom. The molecule has 9 heteroatoms. The number of nitro groups is 1. The van der Waals surface area contributed by atoms with Gasteiger partial charge < -0.3 is 20.5 Å². The van der Waals surface area contributed by atoms with E-state index in [-0.39, 0.29) is 25.3 Å². The Morgan fingerprint density at radius 2 is 1.97 bits per heavy atom. The minimum atomic E-state index is -1.01. The number of benzene rings is 2. The second-order valence-electron chi connectivity index (χ2n) is 6.76. The SMILES string of the molecule is Cc1nc([N+](=O)[O-])cn1CC(=O)NCC(Cc1ccc2ccccc2c1)C(=O)O. The number of hydrogen-bond acceptors (Lipinski definition) is 5. The highest BCUT2D eigenvalue weighted by Gasteiger charge is 2.21. The van der Waals surface area contributed by atoms with E-state index >= 15 is 0 Å². The molecule has 0 aliphatic heterocycles. The smallest absolute Gasteiger partial charge is 0.381 e. The molecule has 9 nitrogen and oxygen atoms in total. The Morgan fingerprint density at radius 1 is 1.24 bits per heavy atom. The lowest BCUT2D eigenvalue weighted by Gasteiger charge is -2.14. The number of aromatic nitrogens is 2. The maximum atomic E-state index is 12.2. The number of imidazole rings is 1. The van der Waals surface area contributed by atoms with Crippen molar-refractivity contribution in [3.05, 3.63) is 70.2 Å². The van der Waals surface area contributed by atoms with Crippen molar-refractivity contribution < 1.29 is 19.6 Å². The second-order valence-corrected chi connectivity index (χ2v) is 6.76. The average Bonchev–Trinajstić information content (AvgIpc) is 3.05. The molecule has 0 radical (unpaired) electrons. The number of carbonyl (C=O) groups excluding carboxylic acids is 1. The van der Waals surface area contributed by atoms with Crippen LogP contribution in [0.5, 0.6) is 0 Å². The van der Waals surface area contributed by atoms with E-state index in [2.05, 4.69) is 10.3 Å². The quantitative estimate of drug-likeness (QED) is 0.444. The Bertz CT molecular complexity index is 1080. The van der Waals surface area contributed by atoms with Crippen LogP contribution in [0.4, 0.5) is 5.82 Å². The number of carboxylic acid groups (broad SMARTS) is 1. The molecule has 0 aliphatic rings. The summed E-state index contributed by atoms with van der Waals surface area (Å²) in [6.07, 6.45) is 1.45. The molecule has 3 rings (SSSR count). The van der Waals surface area contributed by atoms with Crippen LogP contribution in [-0.4, -0.2) is 38.0 Å². The highest BCUT2D eigenvalue weighted by atomic mass is 16.6. The van der Waals surface area contributed by atoms with E-state index in [4.69, 9.17) is 0 Å². The van der Waals surface area contributed by atoms with Crippen molar-refractivity contribution in [3.63, 3.8) is 0 Å². The molecule has 2 aromatic carbocycles. The molecule has 1 atom stereocenters. The van der Waals surface area contributed by atoms with Crippen molar-refractivity contribution in [3.8, 4) is 0 Å². The van der Waals surface area contributed by atoms with Gasteiger partial charge in [-0.3, -0.25) is 14.2 Å². The minimum Gasteiger partial charge on any atom is -0.481 e. The molecular formula is C20H20N4O5. The number of amides is 1. The summed E-state index contributed by atoms with van der Waals surface area (Å²) in [4.78, 5) is 37.7. The van der Waals surface area contributed by atoms with E-state index in [1.165, 1.54) is 10.8 Å². The topological polar surface area (TPSA) is 127 Å². The Kier molecular flexibility index (Phi) is 5.87. The van der Waals surface area contributed by atoms with Crippen LogP contribution in [0.3, 0.4) is 0 Å². The first-order valence-electron chi connectivity index (χ1n) is 8.99. The third kappa shape index (κ3) is 4.95. The molecule has 1 unspecified atom stereocenters. The highest BCUT2D eigenvalue weighted by molar-refractivity contribution is 5.83. The van der Waals surface area contributed by atoms with Crippen molar-refractivity contribution in [1.82, 2.24) is 14.9 Å². The summed E-state index contributed by atoms with van der Waals surface area (Å²) in [7, 11) is 0. The summed E-state index contributed by atoms with van der Waals surface area (Å²) < 4.78 is 1.35. The maximum absolute atomic E-state index is 12.2. The Hall–Kier alpha value is -3.75. The number of aryl methyl sites for hydroxylation is 1. The van der Waals surface area contributed by atoms with E-state index in [0.29, 0.717) is 5.82 Å². The van der Waals surface area contributed by atoms with Crippen LogP contribution < -0.4 is 5.32 Å². The zero-order valence-corrected chi connectivity index (χ0v) is 15.7. The first-order valence-corrected chi connectivity index (χ1v) is 8.99. The molecule has 0 fully saturated rings. The van der Waals surface area contributed by atoms with E-state index in [1.54, 1.807) is 6.92 Å². The zero-order chi connectivity index (χ0) is 21.0. The van der Waals surface area contributed by atoms with Gasteiger partial charge in [-0.2, -0.15) is 0 Å². The summed E-state index contributed by atoms with van der Waals surface area (Å²) in [5, 5.41) is 25.0. The van der Waals surface area contributed by atoms with Crippen molar-refractivity contribution in [2.24, 2.45) is 5.92 Å². The predicted molar refractivity (Wildman–Crippen MR) is 105 cm³/mol. The monoisotopic (exact) mass is 396 g/mol. The van der Waals surface area contributed by atoms with Crippen LogP contribution in [0.25, 0.3) is 10.8 Å². The van der Waals surface area contributed by atoms with Crippen molar-refractivity contribution in [1.29, 1.82) is 0 Å². The molecule has 0 spiro atoms. The molecular weight excluding hydrogens is 376 g/mol. The minimum absolute atomic E-state index is 0.0448. The number of fused-ring (bicyclic) bond motifs is 1. The van der Waals surface area contributed by atoms with Gasteiger partial charge in [0.05, 0.1) is 5.92 Å². The summed E-state index contributed by atoms with van der Waals surface area (Å²) in [6, 6.07) is 13.6. The maximum Gasteiger partial charge on any atom is 0.381 e. The number of carboxylic acids is 1. The lowest BCUT2D eigenvalue weighted by atomic mass is 9.97. The van der Waals surface area contributed by atoms with E-state index in [1.807, 2.05) is 42.5 Å². The number of nitrogens with zero attached hydrogens (tertiary/aromatic N) is 3. The first-order chi connectivity index (χ1) is 13.8. The third-order valence-electron chi connectivity index (χ3n) is 4.66. The van der Waals surface area contributed by atoms with Crippen LogP contribution in [-0.2, 0) is 22.6 Å². The van der Waals surface area contributed by atoms with Gasteiger partial charge in [-0.05, 0) is 32.7 Å². The van der Waals surface area contributed by atoms with Gasteiger partial charge in [-0.25, -0.2) is 0 Å². The van der Waals surface area contributed by atoms with Crippen LogP contribution >= 0.6 is 0 Å². The fraction of sp³-hybridized carbons (Fsp3) is 0.250. The van der Waals surface area contributed by atoms with Gasteiger partial charge in [0.15, 0.2) is 0 Å². The fourth-order valence-corrected chi connectivity index (χ4v) is 3.08. The molecule has 29 heavy (non-hydrogen) atoms. The molecule has 0 saturated heterocycles. The fourth-order valence-electron chi connectivity index (χ4n) is 3.08. The van der Waals surface area contributed by atoms with Gasteiger partial charge >= 0.3 is 11.8 Å².